The van der Waals surface area contributed by atoms with Crippen LogP contribution in [0.4, 0.5) is 0 Å². The zero-order valence-corrected chi connectivity index (χ0v) is 11.5. The first-order chi connectivity index (χ1) is 8.66. The van der Waals surface area contributed by atoms with E-state index in [0.717, 1.165) is 25.2 Å². The molecule has 0 spiro atoms. The molecule has 102 valence electrons. The van der Waals surface area contributed by atoms with Crippen molar-refractivity contribution in [3.8, 4) is 0 Å². The van der Waals surface area contributed by atoms with E-state index < -0.39 is 0 Å². The van der Waals surface area contributed by atoms with Gasteiger partial charge in [-0.05, 0) is 57.8 Å². The van der Waals surface area contributed by atoms with Gasteiger partial charge in [0.1, 0.15) is 0 Å². The van der Waals surface area contributed by atoms with Gasteiger partial charge in [-0.1, -0.05) is 12.8 Å². The van der Waals surface area contributed by atoms with Crippen LogP contribution in [0.5, 0.6) is 0 Å². The quantitative estimate of drug-likeness (QED) is 0.790. The summed E-state index contributed by atoms with van der Waals surface area (Å²) in [4.78, 5) is 12.3. The molecule has 3 nitrogen and oxygen atoms in total. The summed E-state index contributed by atoms with van der Waals surface area (Å²) < 4.78 is 0. The standard InChI is InChI=1S/C15H26N2O/c1-15(9-4-10-15)17-14(18)13-8-7-11-5-2-3-6-12(11)16-13/h11-13,16H,2-10H2,1H3,(H,17,18). The van der Waals surface area contributed by atoms with Gasteiger partial charge in [-0.3, -0.25) is 4.79 Å². The highest BCUT2D eigenvalue weighted by atomic mass is 16.2. The minimum atomic E-state index is 0.0711. The maximum absolute atomic E-state index is 12.3. The summed E-state index contributed by atoms with van der Waals surface area (Å²) in [6.07, 6.45) is 11.2. The number of fused-ring (bicyclic) bond motifs is 1. The van der Waals surface area contributed by atoms with Gasteiger partial charge in [-0.2, -0.15) is 0 Å². The molecule has 1 aliphatic heterocycles. The highest BCUT2D eigenvalue weighted by Crippen LogP contribution is 2.34. The molecule has 18 heavy (non-hydrogen) atoms. The van der Waals surface area contributed by atoms with Gasteiger partial charge in [0.25, 0.3) is 0 Å². The Hall–Kier alpha value is -0.570. The first kappa shape index (κ1) is 12.5. The van der Waals surface area contributed by atoms with Crippen molar-refractivity contribution in [2.24, 2.45) is 5.92 Å². The van der Waals surface area contributed by atoms with Gasteiger partial charge in [0.05, 0.1) is 6.04 Å². The smallest absolute Gasteiger partial charge is 0.237 e. The molecule has 1 heterocycles. The van der Waals surface area contributed by atoms with E-state index in [2.05, 4.69) is 17.6 Å². The number of piperidine rings is 1. The average molecular weight is 250 g/mol. The molecule has 3 unspecified atom stereocenters. The van der Waals surface area contributed by atoms with Crippen LogP contribution < -0.4 is 10.6 Å². The zero-order valence-electron chi connectivity index (χ0n) is 11.5. The maximum Gasteiger partial charge on any atom is 0.237 e. The van der Waals surface area contributed by atoms with Crippen LogP contribution in [0.1, 0.15) is 64.7 Å². The van der Waals surface area contributed by atoms with E-state index in [0.29, 0.717) is 6.04 Å². The van der Waals surface area contributed by atoms with Gasteiger partial charge in [-0.25, -0.2) is 0 Å². The number of carbonyl (C=O) groups excluding carboxylic acids is 1. The number of hydrogen-bond acceptors (Lipinski definition) is 2. The Balaban J connectivity index is 1.55. The van der Waals surface area contributed by atoms with Crippen molar-refractivity contribution in [2.45, 2.75) is 82.3 Å². The average Bonchev–Trinajstić information content (AvgIpc) is 2.36. The topological polar surface area (TPSA) is 41.1 Å². The largest absolute Gasteiger partial charge is 0.350 e. The maximum atomic E-state index is 12.3. The summed E-state index contributed by atoms with van der Waals surface area (Å²) in [5, 5.41) is 6.87. The number of hydrogen-bond donors (Lipinski definition) is 2. The van der Waals surface area contributed by atoms with Crippen LogP contribution in [-0.2, 0) is 4.79 Å². The molecular weight excluding hydrogens is 224 g/mol. The van der Waals surface area contributed by atoms with Gasteiger partial charge in [-0.15, -0.1) is 0 Å². The molecule has 3 heteroatoms. The lowest BCUT2D eigenvalue weighted by Crippen LogP contribution is -2.60. The Labute approximate surface area is 110 Å². The molecule has 3 fully saturated rings. The summed E-state index contributed by atoms with van der Waals surface area (Å²) in [5.74, 6) is 1.09. The summed E-state index contributed by atoms with van der Waals surface area (Å²) in [5.41, 5.74) is 0.0994. The minimum absolute atomic E-state index is 0.0711. The summed E-state index contributed by atoms with van der Waals surface area (Å²) in [6.45, 7) is 2.18. The van der Waals surface area contributed by atoms with Crippen molar-refractivity contribution < 1.29 is 4.79 Å². The molecule has 0 bridgehead atoms. The van der Waals surface area contributed by atoms with E-state index in [-0.39, 0.29) is 17.5 Å². The Kier molecular flexibility index (Phi) is 3.35. The molecule has 0 aromatic rings. The summed E-state index contributed by atoms with van der Waals surface area (Å²) in [6, 6.07) is 0.680. The van der Waals surface area contributed by atoms with Gasteiger partial charge < -0.3 is 10.6 Å². The predicted molar refractivity (Wildman–Crippen MR) is 72.3 cm³/mol. The number of nitrogens with one attached hydrogen (secondary N) is 2. The first-order valence-corrected chi connectivity index (χ1v) is 7.74. The lowest BCUT2D eigenvalue weighted by Gasteiger charge is -2.43. The Morgan fingerprint density at radius 2 is 1.89 bits per heavy atom. The Morgan fingerprint density at radius 1 is 1.11 bits per heavy atom. The molecule has 2 N–H and O–H groups in total. The second-order valence-electron chi connectivity index (χ2n) is 6.85. The zero-order chi connectivity index (χ0) is 12.6. The van der Waals surface area contributed by atoms with Gasteiger partial charge in [0.2, 0.25) is 5.91 Å². The number of amides is 1. The molecule has 0 radical (unpaired) electrons. The van der Waals surface area contributed by atoms with E-state index >= 15 is 0 Å². The molecular formula is C15H26N2O. The third-order valence-corrected chi connectivity index (χ3v) is 5.35. The first-order valence-electron chi connectivity index (χ1n) is 7.74. The van der Waals surface area contributed by atoms with Crippen molar-refractivity contribution in [3.05, 3.63) is 0 Å². The SMILES string of the molecule is CC1(NC(=O)C2CCC3CCCCC3N2)CCC1. The highest BCUT2D eigenvalue weighted by molar-refractivity contribution is 5.82. The molecule has 1 saturated heterocycles. The minimum Gasteiger partial charge on any atom is -0.350 e. The summed E-state index contributed by atoms with van der Waals surface area (Å²) in [7, 11) is 0. The van der Waals surface area contributed by atoms with Crippen molar-refractivity contribution in [2.75, 3.05) is 0 Å². The van der Waals surface area contributed by atoms with Crippen molar-refractivity contribution >= 4 is 5.91 Å². The highest BCUT2D eigenvalue weighted by Gasteiger charge is 2.38. The molecule has 0 aromatic carbocycles. The van der Waals surface area contributed by atoms with Crippen molar-refractivity contribution in [1.82, 2.24) is 10.6 Å². The van der Waals surface area contributed by atoms with Crippen molar-refractivity contribution in [3.63, 3.8) is 0 Å². The van der Waals surface area contributed by atoms with Crippen LogP contribution in [0.2, 0.25) is 0 Å². The Bertz CT molecular complexity index is 324. The van der Waals surface area contributed by atoms with Crippen LogP contribution >= 0.6 is 0 Å². The molecule has 2 aliphatic carbocycles. The molecule has 3 rings (SSSR count). The van der Waals surface area contributed by atoms with Crippen LogP contribution in [0.25, 0.3) is 0 Å². The third kappa shape index (κ3) is 2.42. The lowest BCUT2D eigenvalue weighted by atomic mass is 9.76. The number of carbonyl (C=O) groups is 1. The fraction of sp³-hybridized carbons (Fsp3) is 0.933. The monoisotopic (exact) mass is 250 g/mol. The predicted octanol–water partition coefficient (Wildman–Crippen LogP) is 2.36. The van der Waals surface area contributed by atoms with E-state index in [1.54, 1.807) is 0 Å². The van der Waals surface area contributed by atoms with E-state index in [1.165, 1.54) is 38.5 Å². The second-order valence-corrected chi connectivity index (χ2v) is 6.85. The summed E-state index contributed by atoms with van der Waals surface area (Å²) >= 11 is 0. The van der Waals surface area contributed by atoms with E-state index in [4.69, 9.17) is 0 Å². The fourth-order valence-corrected chi connectivity index (χ4v) is 3.92. The fourth-order valence-electron chi connectivity index (χ4n) is 3.92. The molecule has 3 aliphatic rings. The van der Waals surface area contributed by atoms with E-state index in [9.17, 15) is 4.79 Å². The second kappa shape index (κ2) is 4.84. The molecule has 1 amide bonds. The molecule has 0 aromatic heterocycles. The number of rotatable bonds is 2. The van der Waals surface area contributed by atoms with Crippen LogP contribution in [0.3, 0.4) is 0 Å². The van der Waals surface area contributed by atoms with Gasteiger partial charge in [0.15, 0.2) is 0 Å². The van der Waals surface area contributed by atoms with Gasteiger partial charge >= 0.3 is 0 Å². The van der Waals surface area contributed by atoms with Crippen molar-refractivity contribution in [1.29, 1.82) is 0 Å². The molecule has 3 atom stereocenters. The normalized spacial score (nSPS) is 38.4. The van der Waals surface area contributed by atoms with Gasteiger partial charge in [0, 0.05) is 11.6 Å². The van der Waals surface area contributed by atoms with Crippen LogP contribution in [-0.4, -0.2) is 23.5 Å². The lowest BCUT2D eigenvalue weighted by molar-refractivity contribution is -0.127. The third-order valence-electron chi connectivity index (χ3n) is 5.35. The van der Waals surface area contributed by atoms with E-state index in [1.807, 2.05) is 0 Å². The molecule has 2 saturated carbocycles. The Morgan fingerprint density at radius 3 is 2.61 bits per heavy atom. The van der Waals surface area contributed by atoms with Crippen LogP contribution in [0.15, 0.2) is 0 Å². The van der Waals surface area contributed by atoms with Crippen LogP contribution in [0, 0.1) is 5.92 Å².